The summed E-state index contributed by atoms with van der Waals surface area (Å²) in [6, 6.07) is 11.0. The Labute approximate surface area is 151 Å². The van der Waals surface area contributed by atoms with Gasteiger partial charge in [0.05, 0.1) is 6.54 Å². The molecule has 1 saturated carbocycles. The maximum Gasteiger partial charge on any atom is 0.178 e. The molecule has 1 heterocycles. The van der Waals surface area contributed by atoms with Crippen molar-refractivity contribution in [2.24, 2.45) is 0 Å². The van der Waals surface area contributed by atoms with Gasteiger partial charge in [-0.3, -0.25) is 4.79 Å². The number of carbonyl (C=O) groups excluding carboxylic acids is 1. The second kappa shape index (κ2) is 8.01. The Morgan fingerprint density at radius 3 is 2.56 bits per heavy atom. The van der Waals surface area contributed by atoms with Gasteiger partial charge in [-0.1, -0.05) is 43.5 Å². The van der Waals surface area contributed by atoms with Crippen molar-refractivity contribution >= 4 is 5.78 Å². The van der Waals surface area contributed by atoms with E-state index in [1.165, 1.54) is 48.9 Å². The predicted octanol–water partition coefficient (Wildman–Crippen LogP) is 4.89. The fourth-order valence-corrected chi connectivity index (χ4v) is 4.17. The first-order valence-corrected chi connectivity index (χ1v) is 9.54. The highest BCUT2D eigenvalue weighted by molar-refractivity contribution is 5.99. The molecule has 1 aromatic heterocycles. The summed E-state index contributed by atoms with van der Waals surface area (Å²) in [4.78, 5) is 12.7. The molecular weight excluding hydrogens is 308 g/mol. The zero-order valence-corrected chi connectivity index (χ0v) is 15.8. The summed E-state index contributed by atoms with van der Waals surface area (Å²) in [5, 5.41) is 3.32. The summed E-state index contributed by atoms with van der Waals surface area (Å²) in [6.45, 7) is 7.48. The molecule has 3 heteroatoms. The van der Waals surface area contributed by atoms with Gasteiger partial charge in [-0.05, 0) is 50.8 Å². The molecule has 1 aliphatic rings. The molecule has 2 aromatic rings. The van der Waals surface area contributed by atoms with Crippen molar-refractivity contribution in [2.45, 2.75) is 65.5 Å². The number of carbonyl (C=O) groups is 1. The van der Waals surface area contributed by atoms with Crippen LogP contribution in [0.4, 0.5) is 0 Å². The highest BCUT2D eigenvalue weighted by atomic mass is 16.1. The second-order valence-corrected chi connectivity index (χ2v) is 7.40. The van der Waals surface area contributed by atoms with E-state index in [4.69, 9.17) is 0 Å². The van der Waals surface area contributed by atoms with Crippen LogP contribution in [-0.2, 0) is 6.54 Å². The molecular formula is C22H30N2O. The van der Waals surface area contributed by atoms with E-state index in [1.54, 1.807) is 0 Å². The number of rotatable bonds is 6. The fraction of sp³-hybridized carbons (Fsp3) is 0.500. The molecule has 134 valence electrons. The first-order valence-electron chi connectivity index (χ1n) is 9.54. The van der Waals surface area contributed by atoms with Crippen LogP contribution in [0, 0.1) is 20.8 Å². The Kier molecular flexibility index (Phi) is 5.74. The Balaban J connectivity index is 1.65. The fourth-order valence-electron chi connectivity index (χ4n) is 4.17. The molecule has 0 atom stereocenters. The lowest BCUT2D eigenvalue weighted by atomic mass is 9.95. The number of nitrogens with zero attached hydrogens (tertiary/aromatic N) is 1. The SMILES string of the molecule is Cc1ccccc1CNCC(=O)c1cc(C)n(C2CCCCC2)c1C. The summed E-state index contributed by atoms with van der Waals surface area (Å²) >= 11 is 0. The normalized spacial score (nSPS) is 15.5. The first-order chi connectivity index (χ1) is 12.1. The number of aryl methyl sites for hydroxylation is 2. The van der Waals surface area contributed by atoms with E-state index in [2.05, 4.69) is 48.9 Å². The van der Waals surface area contributed by atoms with Crippen LogP contribution in [0.3, 0.4) is 0 Å². The number of benzene rings is 1. The summed E-state index contributed by atoms with van der Waals surface area (Å²) in [5.41, 5.74) is 5.78. The molecule has 0 amide bonds. The van der Waals surface area contributed by atoms with E-state index in [0.29, 0.717) is 12.6 Å². The van der Waals surface area contributed by atoms with Crippen molar-refractivity contribution in [2.75, 3.05) is 6.54 Å². The third kappa shape index (κ3) is 4.04. The Morgan fingerprint density at radius 1 is 1.12 bits per heavy atom. The van der Waals surface area contributed by atoms with Crippen LogP contribution in [0.1, 0.15) is 71.0 Å². The maximum atomic E-state index is 12.7. The van der Waals surface area contributed by atoms with E-state index < -0.39 is 0 Å². The molecule has 25 heavy (non-hydrogen) atoms. The smallest absolute Gasteiger partial charge is 0.178 e. The van der Waals surface area contributed by atoms with Gasteiger partial charge in [-0.25, -0.2) is 0 Å². The van der Waals surface area contributed by atoms with Gasteiger partial charge in [-0.15, -0.1) is 0 Å². The molecule has 1 aromatic carbocycles. The number of Topliss-reactive ketones (excluding diaryl/α,β-unsaturated/α-hetero) is 1. The molecule has 0 unspecified atom stereocenters. The largest absolute Gasteiger partial charge is 0.345 e. The molecule has 1 fully saturated rings. The zero-order chi connectivity index (χ0) is 17.8. The van der Waals surface area contributed by atoms with Crippen LogP contribution in [0.5, 0.6) is 0 Å². The van der Waals surface area contributed by atoms with E-state index in [0.717, 1.165) is 17.8 Å². The van der Waals surface area contributed by atoms with Gasteiger partial charge in [0.1, 0.15) is 0 Å². The van der Waals surface area contributed by atoms with Crippen molar-refractivity contribution < 1.29 is 4.79 Å². The number of hydrogen-bond donors (Lipinski definition) is 1. The summed E-state index contributed by atoms with van der Waals surface area (Å²) in [7, 11) is 0. The lowest BCUT2D eigenvalue weighted by Gasteiger charge is -2.26. The molecule has 1 N–H and O–H groups in total. The van der Waals surface area contributed by atoms with Crippen molar-refractivity contribution in [1.82, 2.24) is 9.88 Å². The standard InChI is InChI=1S/C22H30N2O/c1-16-9-7-8-10-19(16)14-23-15-22(25)21-13-17(2)24(18(21)3)20-11-5-4-6-12-20/h7-10,13,20,23H,4-6,11-12,14-15H2,1-3H3. The van der Waals surface area contributed by atoms with Gasteiger partial charge in [-0.2, -0.15) is 0 Å². The molecule has 0 aliphatic heterocycles. The van der Waals surface area contributed by atoms with E-state index >= 15 is 0 Å². The summed E-state index contributed by atoms with van der Waals surface area (Å²) in [6.07, 6.45) is 6.46. The highest BCUT2D eigenvalue weighted by Crippen LogP contribution is 2.32. The maximum absolute atomic E-state index is 12.7. The third-order valence-corrected chi connectivity index (χ3v) is 5.59. The Hall–Kier alpha value is -1.87. The zero-order valence-electron chi connectivity index (χ0n) is 15.8. The third-order valence-electron chi connectivity index (χ3n) is 5.59. The molecule has 0 radical (unpaired) electrons. The first kappa shape index (κ1) is 17.9. The van der Waals surface area contributed by atoms with E-state index in [1.807, 2.05) is 12.1 Å². The predicted molar refractivity (Wildman–Crippen MR) is 103 cm³/mol. The monoisotopic (exact) mass is 338 g/mol. The van der Waals surface area contributed by atoms with Crippen molar-refractivity contribution in [3.8, 4) is 0 Å². The van der Waals surface area contributed by atoms with Crippen LogP contribution >= 0.6 is 0 Å². The molecule has 3 nitrogen and oxygen atoms in total. The molecule has 3 rings (SSSR count). The number of aromatic nitrogens is 1. The van der Waals surface area contributed by atoms with Gasteiger partial charge in [0.15, 0.2) is 5.78 Å². The van der Waals surface area contributed by atoms with Crippen molar-refractivity contribution in [3.05, 3.63) is 58.4 Å². The van der Waals surface area contributed by atoms with Gasteiger partial charge in [0.25, 0.3) is 0 Å². The minimum Gasteiger partial charge on any atom is -0.345 e. The highest BCUT2D eigenvalue weighted by Gasteiger charge is 2.22. The number of hydrogen-bond acceptors (Lipinski definition) is 2. The van der Waals surface area contributed by atoms with Crippen LogP contribution in [0.15, 0.2) is 30.3 Å². The van der Waals surface area contributed by atoms with Crippen molar-refractivity contribution in [1.29, 1.82) is 0 Å². The quantitative estimate of drug-likeness (QED) is 0.761. The topological polar surface area (TPSA) is 34.0 Å². The van der Waals surface area contributed by atoms with Gasteiger partial charge >= 0.3 is 0 Å². The van der Waals surface area contributed by atoms with Gasteiger partial charge in [0, 0.05) is 29.5 Å². The summed E-state index contributed by atoms with van der Waals surface area (Å²) in [5.74, 6) is 0.198. The minimum absolute atomic E-state index is 0.198. The summed E-state index contributed by atoms with van der Waals surface area (Å²) < 4.78 is 2.41. The number of ketones is 1. The van der Waals surface area contributed by atoms with Crippen LogP contribution in [0.25, 0.3) is 0 Å². The minimum atomic E-state index is 0.198. The van der Waals surface area contributed by atoms with E-state index in [9.17, 15) is 4.79 Å². The average Bonchev–Trinajstić information content (AvgIpc) is 2.92. The lowest BCUT2D eigenvalue weighted by Crippen LogP contribution is -2.23. The van der Waals surface area contributed by atoms with Crippen LogP contribution in [0.2, 0.25) is 0 Å². The van der Waals surface area contributed by atoms with E-state index in [-0.39, 0.29) is 5.78 Å². The van der Waals surface area contributed by atoms with Crippen LogP contribution in [-0.4, -0.2) is 16.9 Å². The molecule has 0 bridgehead atoms. The van der Waals surface area contributed by atoms with Gasteiger partial charge < -0.3 is 9.88 Å². The Bertz CT molecular complexity index is 738. The van der Waals surface area contributed by atoms with Crippen LogP contribution < -0.4 is 5.32 Å². The molecule has 0 spiro atoms. The molecule has 1 aliphatic carbocycles. The molecule has 0 saturated heterocycles. The van der Waals surface area contributed by atoms with Crippen molar-refractivity contribution in [3.63, 3.8) is 0 Å². The lowest BCUT2D eigenvalue weighted by molar-refractivity contribution is 0.0990. The van der Waals surface area contributed by atoms with Gasteiger partial charge in [0.2, 0.25) is 0 Å². The second-order valence-electron chi connectivity index (χ2n) is 7.40. The Morgan fingerprint density at radius 2 is 1.84 bits per heavy atom. The number of nitrogens with one attached hydrogen (secondary N) is 1. The average molecular weight is 338 g/mol.